The standard InChI is InChI=1S/C11H17N5/c1-11(2,7-13)8-16(3)10-6-14-9(4-12)5-15-10/h5-6H,7-8,13H2,1-3H3. The van der Waals surface area contributed by atoms with E-state index < -0.39 is 0 Å². The van der Waals surface area contributed by atoms with Crippen LogP contribution in [-0.2, 0) is 0 Å². The van der Waals surface area contributed by atoms with Crippen LogP contribution in [0.1, 0.15) is 19.5 Å². The molecule has 0 unspecified atom stereocenters. The highest BCUT2D eigenvalue weighted by molar-refractivity contribution is 5.36. The Balaban J connectivity index is 2.74. The highest BCUT2D eigenvalue weighted by Gasteiger charge is 2.18. The SMILES string of the molecule is CN(CC(C)(C)CN)c1cnc(C#N)cn1. The maximum atomic E-state index is 8.61. The van der Waals surface area contributed by atoms with E-state index in [4.69, 9.17) is 11.0 Å². The monoisotopic (exact) mass is 219 g/mol. The van der Waals surface area contributed by atoms with Crippen molar-refractivity contribution in [3.63, 3.8) is 0 Å². The van der Waals surface area contributed by atoms with Gasteiger partial charge in [-0.15, -0.1) is 0 Å². The number of rotatable bonds is 4. The van der Waals surface area contributed by atoms with Crippen molar-refractivity contribution in [3.8, 4) is 6.07 Å². The van der Waals surface area contributed by atoms with Crippen LogP contribution in [0.25, 0.3) is 0 Å². The predicted octanol–water partition coefficient (Wildman–Crippen LogP) is 0.769. The van der Waals surface area contributed by atoms with Crippen LogP contribution in [-0.4, -0.2) is 30.1 Å². The summed E-state index contributed by atoms with van der Waals surface area (Å²) in [5.41, 5.74) is 6.03. The summed E-state index contributed by atoms with van der Waals surface area (Å²) < 4.78 is 0. The van der Waals surface area contributed by atoms with Crippen molar-refractivity contribution < 1.29 is 0 Å². The Kier molecular flexibility index (Phi) is 3.80. The first kappa shape index (κ1) is 12.4. The zero-order valence-electron chi connectivity index (χ0n) is 9.94. The first-order chi connectivity index (χ1) is 7.48. The molecule has 0 spiro atoms. The summed E-state index contributed by atoms with van der Waals surface area (Å²) in [5.74, 6) is 0.750. The first-order valence-electron chi connectivity index (χ1n) is 5.12. The van der Waals surface area contributed by atoms with Crippen LogP contribution >= 0.6 is 0 Å². The molecule has 0 radical (unpaired) electrons. The molecule has 1 heterocycles. The fourth-order valence-electron chi connectivity index (χ4n) is 1.36. The van der Waals surface area contributed by atoms with Crippen molar-refractivity contribution in [1.82, 2.24) is 9.97 Å². The molecule has 0 aliphatic carbocycles. The molecule has 5 nitrogen and oxygen atoms in total. The Labute approximate surface area is 95.9 Å². The molecule has 1 aromatic heterocycles. The molecule has 0 saturated heterocycles. The highest BCUT2D eigenvalue weighted by atomic mass is 15.2. The Hall–Kier alpha value is -1.67. The lowest BCUT2D eigenvalue weighted by atomic mass is 9.93. The van der Waals surface area contributed by atoms with E-state index in [1.165, 1.54) is 6.20 Å². The van der Waals surface area contributed by atoms with Crippen LogP contribution in [0.15, 0.2) is 12.4 Å². The molecule has 86 valence electrons. The molecule has 0 saturated carbocycles. The number of aromatic nitrogens is 2. The van der Waals surface area contributed by atoms with Gasteiger partial charge in [0, 0.05) is 13.6 Å². The highest BCUT2D eigenvalue weighted by Crippen LogP contribution is 2.17. The fourth-order valence-corrected chi connectivity index (χ4v) is 1.36. The van der Waals surface area contributed by atoms with E-state index >= 15 is 0 Å². The summed E-state index contributed by atoms with van der Waals surface area (Å²) in [6.45, 7) is 5.60. The molecule has 1 rings (SSSR count). The summed E-state index contributed by atoms with van der Waals surface area (Å²) in [4.78, 5) is 10.1. The minimum atomic E-state index is 0.0321. The Morgan fingerprint density at radius 3 is 2.56 bits per heavy atom. The summed E-state index contributed by atoms with van der Waals surface area (Å²) in [5, 5.41) is 8.61. The number of hydrogen-bond acceptors (Lipinski definition) is 5. The van der Waals surface area contributed by atoms with Crippen molar-refractivity contribution in [2.75, 3.05) is 25.0 Å². The molecule has 16 heavy (non-hydrogen) atoms. The van der Waals surface area contributed by atoms with Crippen LogP contribution in [0.2, 0.25) is 0 Å². The van der Waals surface area contributed by atoms with Gasteiger partial charge in [-0.1, -0.05) is 13.8 Å². The van der Waals surface area contributed by atoms with E-state index in [0.29, 0.717) is 12.2 Å². The fraction of sp³-hybridized carbons (Fsp3) is 0.545. The zero-order chi connectivity index (χ0) is 12.2. The van der Waals surface area contributed by atoms with Gasteiger partial charge in [0.25, 0.3) is 0 Å². The van der Waals surface area contributed by atoms with Crippen LogP contribution in [0.4, 0.5) is 5.82 Å². The van der Waals surface area contributed by atoms with Crippen molar-refractivity contribution in [3.05, 3.63) is 18.1 Å². The molecular formula is C11H17N5. The predicted molar refractivity (Wildman–Crippen MR) is 62.9 cm³/mol. The maximum Gasteiger partial charge on any atom is 0.158 e. The van der Waals surface area contributed by atoms with Gasteiger partial charge in [-0.2, -0.15) is 5.26 Å². The van der Waals surface area contributed by atoms with Crippen LogP contribution < -0.4 is 10.6 Å². The summed E-state index contributed by atoms with van der Waals surface area (Å²) in [6, 6.07) is 1.94. The van der Waals surface area contributed by atoms with E-state index in [-0.39, 0.29) is 5.41 Å². The molecule has 0 aliphatic heterocycles. The Morgan fingerprint density at radius 1 is 1.44 bits per heavy atom. The average Bonchev–Trinajstić information content (AvgIpc) is 2.28. The van der Waals surface area contributed by atoms with Gasteiger partial charge in [0.2, 0.25) is 0 Å². The van der Waals surface area contributed by atoms with Crippen molar-refractivity contribution in [2.45, 2.75) is 13.8 Å². The second-order valence-electron chi connectivity index (χ2n) is 4.60. The molecule has 0 aromatic carbocycles. The topological polar surface area (TPSA) is 78.8 Å². The van der Waals surface area contributed by atoms with Crippen LogP contribution in [0.5, 0.6) is 0 Å². The summed E-state index contributed by atoms with van der Waals surface area (Å²) in [7, 11) is 1.94. The van der Waals surface area contributed by atoms with Crippen LogP contribution in [0.3, 0.4) is 0 Å². The van der Waals surface area contributed by atoms with Crippen molar-refractivity contribution >= 4 is 5.82 Å². The number of nitrogens with two attached hydrogens (primary N) is 1. The first-order valence-corrected chi connectivity index (χ1v) is 5.12. The lowest BCUT2D eigenvalue weighted by Gasteiger charge is -2.29. The van der Waals surface area contributed by atoms with Gasteiger partial charge in [0.1, 0.15) is 11.9 Å². The third-order valence-corrected chi connectivity index (χ3v) is 2.36. The van der Waals surface area contributed by atoms with Gasteiger partial charge in [-0.05, 0) is 12.0 Å². The third-order valence-electron chi connectivity index (χ3n) is 2.36. The van der Waals surface area contributed by atoms with Gasteiger partial charge in [-0.25, -0.2) is 9.97 Å². The Morgan fingerprint density at radius 2 is 2.12 bits per heavy atom. The second kappa shape index (κ2) is 4.90. The molecular weight excluding hydrogens is 202 g/mol. The largest absolute Gasteiger partial charge is 0.358 e. The second-order valence-corrected chi connectivity index (χ2v) is 4.60. The van der Waals surface area contributed by atoms with Gasteiger partial charge >= 0.3 is 0 Å². The number of nitriles is 1. The number of anilines is 1. The molecule has 0 aliphatic rings. The normalized spacial score (nSPS) is 10.9. The minimum absolute atomic E-state index is 0.0321. The molecule has 2 N–H and O–H groups in total. The van der Waals surface area contributed by atoms with E-state index in [9.17, 15) is 0 Å². The Bertz CT molecular complexity index is 376. The summed E-state index contributed by atoms with van der Waals surface area (Å²) >= 11 is 0. The zero-order valence-corrected chi connectivity index (χ0v) is 9.94. The van der Waals surface area contributed by atoms with E-state index in [2.05, 4.69) is 23.8 Å². The van der Waals surface area contributed by atoms with Crippen LogP contribution in [0, 0.1) is 16.7 Å². The lowest BCUT2D eigenvalue weighted by Crippen LogP contribution is -2.37. The summed E-state index contributed by atoms with van der Waals surface area (Å²) in [6.07, 6.45) is 3.08. The quantitative estimate of drug-likeness (QED) is 0.809. The van der Waals surface area contributed by atoms with Crippen molar-refractivity contribution in [2.24, 2.45) is 11.1 Å². The number of nitrogens with zero attached hydrogens (tertiary/aromatic N) is 4. The van der Waals surface area contributed by atoms with E-state index in [0.717, 1.165) is 12.4 Å². The molecule has 0 atom stereocenters. The molecule has 1 aromatic rings. The molecule has 0 amide bonds. The molecule has 0 fully saturated rings. The third kappa shape index (κ3) is 3.17. The molecule has 5 heteroatoms. The van der Waals surface area contributed by atoms with Gasteiger partial charge in [-0.3, -0.25) is 0 Å². The molecule has 0 bridgehead atoms. The number of hydrogen-bond donors (Lipinski definition) is 1. The van der Waals surface area contributed by atoms with E-state index in [1.54, 1.807) is 6.20 Å². The van der Waals surface area contributed by atoms with Crippen molar-refractivity contribution in [1.29, 1.82) is 5.26 Å². The minimum Gasteiger partial charge on any atom is -0.358 e. The van der Waals surface area contributed by atoms with E-state index in [1.807, 2.05) is 18.0 Å². The maximum absolute atomic E-state index is 8.61. The van der Waals surface area contributed by atoms with Gasteiger partial charge in [0.05, 0.1) is 12.4 Å². The van der Waals surface area contributed by atoms with Gasteiger partial charge < -0.3 is 10.6 Å². The van der Waals surface area contributed by atoms with Gasteiger partial charge in [0.15, 0.2) is 5.69 Å². The average molecular weight is 219 g/mol. The lowest BCUT2D eigenvalue weighted by molar-refractivity contribution is 0.384. The smallest absolute Gasteiger partial charge is 0.158 e.